The van der Waals surface area contributed by atoms with E-state index in [1.807, 2.05) is 0 Å². The quantitative estimate of drug-likeness (QED) is 0.756. The molecule has 0 saturated carbocycles. The molecule has 1 aromatic carbocycles. The fourth-order valence-corrected chi connectivity index (χ4v) is 1.84. The predicted octanol–water partition coefficient (Wildman–Crippen LogP) is 3.39. The maximum atomic E-state index is 13.5. The molecule has 0 radical (unpaired) electrons. The summed E-state index contributed by atoms with van der Waals surface area (Å²) < 4.78 is 115. The van der Waals surface area contributed by atoms with Crippen LogP contribution in [0.2, 0.25) is 0 Å². The van der Waals surface area contributed by atoms with Crippen molar-refractivity contribution in [3.8, 4) is 0 Å². The summed E-state index contributed by atoms with van der Waals surface area (Å²) in [4.78, 5) is 0. The van der Waals surface area contributed by atoms with Crippen molar-refractivity contribution < 1.29 is 44.6 Å². The monoisotopic (exact) mass is 369 g/mol. The third kappa shape index (κ3) is 3.46. The Bertz CT molecular complexity index is 544. The summed E-state index contributed by atoms with van der Waals surface area (Å²) in [5.74, 6) is -20.1. The third-order valence-electron chi connectivity index (χ3n) is 3.26. The lowest BCUT2D eigenvalue weighted by atomic mass is 9.91. The summed E-state index contributed by atoms with van der Waals surface area (Å²) >= 11 is 0. The Morgan fingerprint density at radius 1 is 0.833 bits per heavy atom. The minimum Gasteiger partial charge on any atom is -0.385 e. The van der Waals surface area contributed by atoms with Crippen LogP contribution in [0.1, 0.15) is 5.56 Å². The van der Waals surface area contributed by atoms with Gasteiger partial charge in [-0.2, -0.15) is 39.5 Å². The largest absolute Gasteiger partial charge is 0.460 e. The minimum absolute atomic E-state index is 0.186. The highest BCUT2D eigenvalue weighted by molar-refractivity contribution is 5.17. The number of nitrogens with two attached hydrogens (primary N) is 1. The van der Waals surface area contributed by atoms with Gasteiger partial charge in [0.1, 0.15) is 6.10 Å². The van der Waals surface area contributed by atoms with Crippen LogP contribution in [0.3, 0.4) is 0 Å². The van der Waals surface area contributed by atoms with Crippen LogP contribution in [0.25, 0.3) is 0 Å². The standard InChI is InChI=1S/C13H12F9NO/c14-10(15,11(16,17)12(18,19)13(20,21)22)9(24)8(23)6-7-4-2-1-3-5-7/h1-5,8-9,24H,6,23H2/t8-,9+/m0/s1. The van der Waals surface area contributed by atoms with E-state index in [9.17, 15) is 44.6 Å². The number of halogens is 9. The van der Waals surface area contributed by atoms with E-state index in [4.69, 9.17) is 5.73 Å². The van der Waals surface area contributed by atoms with Crippen molar-refractivity contribution in [1.82, 2.24) is 0 Å². The summed E-state index contributed by atoms with van der Waals surface area (Å²) in [5, 5.41) is 9.22. The van der Waals surface area contributed by atoms with Gasteiger partial charge in [0.15, 0.2) is 0 Å². The molecule has 0 aliphatic rings. The fourth-order valence-electron chi connectivity index (χ4n) is 1.84. The van der Waals surface area contributed by atoms with Crippen molar-refractivity contribution in [3.63, 3.8) is 0 Å². The number of hydrogen-bond acceptors (Lipinski definition) is 2. The Labute approximate surface area is 130 Å². The van der Waals surface area contributed by atoms with Gasteiger partial charge in [-0.25, -0.2) is 0 Å². The SMILES string of the molecule is N[C@@H](Cc1ccccc1)[C@@H](O)C(F)(F)C(F)(F)C(F)(F)C(F)(F)F. The highest BCUT2D eigenvalue weighted by atomic mass is 19.4. The first kappa shape index (κ1) is 20.6. The molecule has 0 aliphatic carbocycles. The summed E-state index contributed by atoms with van der Waals surface area (Å²) in [6.07, 6.45) is -11.2. The molecule has 0 spiro atoms. The first-order valence-corrected chi connectivity index (χ1v) is 6.34. The first-order chi connectivity index (χ1) is 10.7. The molecule has 0 unspecified atom stereocenters. The number of hydrogen-bond donors (Lipinski definition) is 2. The summed E-state index contributed by atoms with van der Waals surface area (Å²) in [6, 6.07) is 4.76. The predicted molar refractivity (Wildman–Crippen MR) is 65.0 cm³/mol. The summed E-state index contributed by atoms with van der Waals surface area (Å²) in [6.45, 7) is 0. The van der Waals surface area contributed by atoms with Crippen LogP contribution < -0.4 is 5.73 Å². The Balaban J connectivity index is 3.08. The fraction of sp³-hybridized carbons (Fsp3) is 0.538. The maximum absolute atomic E-state index is 13.5. The van der Waals surface area contributed by atoms with E-state index >= 15 is 0 Å². The molecule has 0 heterocycles. The van der Waals surface area contributed by atoms with Crippen LogP contribution in [0.5, 0.6) is 0 Å². The second kappa shape index (κ2) is 6.43. The highest BCUT2D eigenvalue weighted by Gasteiger charge is 2.83. The van der Waals surface area contributed by atoms with Crippen molar-refractivity contribution in [2.75, 3.05) is 0 Å². The van der Waals surface area contributed by atoms with Crippen LogP contribution in [-0.4, -0.2) is 41.2 Å². The Hall–Kier alpha value is -1.49. The van der Waals surface area contributed by atoms with Crippen molar-refractivity contribution in [3.05, 3.63) is 35.9 Å². The average Bonchev–Trinajstić information content (AvgIpc) is 2.45. The normalized spacial score (nSPS) is 16.8. The Morgan fingerprint density at radius 3 is 1.71 bits per heavy atom. The van der Waals surface area contributed by atoms with E-state index in [-0.39, 0.29) is 5.56 Å². The molecule has 1 rings (SSSR count). The van der Waals surface area contributed by atoms with Gasteiger partial charge in [-0.1, -0.05) is 30.3 Å². The van der Waals surface area contributed by atoms with Crippen LogP contribution in [0.4, 0.5) is 39.5 Å². The molecular formula is C13H12F9NO. The van der Waals surface area contributed by atoms with Crippen molar-refractivity contribution in [2.24, 2.45) is 5.73 Å². The number of benzene rings is 1. The average molecular weight is 369 g/mol. The van der Waals surface area contributed by atoms with E-state index in [0.717, 1.165) is 0 Å². The van der Waals surface area contributed by atoms with Gasteiger partial charge in [0.2, 0.25) is 0 Å². The first-order valence-electron chi connectivity index (χ1n) is 6.34. The van der Waals surface area contributed by atoms with Crippen molar-refractivity contribution >= 4 is 0 Å². The Kier molecular flexibility index (Phi) is 5.51. The molecule has 0 aliphatic heterocycles. The number of alkyl halides is 9. The van der Waals surface area contributed by atoms with E-state index in [1.165, 1.54) is 30.3 Å². The maximum Gasteiger partial charge on any atom is 0.460 e. The molecule has 2 atom stereocenters. The molecule has 138 valence electrons. The van der Waals surface area contributed by atoms with E-state index in [1.54, 1.807) is 0 Å². The molecule has 2 nitrogen and oxygen atoms in total. The lowest BCUT2D eigenvalue weighted by Crippen LogP contribution is -2.67. The number of aliphatic hydroxyl groups excluding tert-OH is 1. The lowest BCUT2D eigenvalue weighted by molar-refractivity contribution is -0.406. The van der Waals surface area contributed by atoms with E-state index in [2.05, 4.69) is 0 Å². The van der Waals surface area contributed by atoms with Crippen LogP contribution in [-0.2, 0) is 6.42 Å². The highest BCUT2D eigenvalue weighted by Crippen LogP contribution is 2.54. The molecule has 0 aromatic heterocycles. The lowest BCUT2D eigenvalue weighted by Gasteiger charge is -2.37. The van der Waals surface area contributed by atoms with Gasteiger partial charge in [-0.3, -0.25) is 0 Å². The molecule has 3 N–H and O–H groups in total. The molecule has 0 fully saturated rings. The van der Waals surface area contributed by atoms with Gasteiger partial charge < -0.3 is 10.8 Å². The van der Waals surface area contributed by atoms with Crippen molar-refractivity contribution in [2.45, 2.75) is 42.5 Å². The third-order valence-corrected chi connectivity index (χ3v) is 3.26. The molecule has 0 saturated heterocycles. The van der Waals surface area contributed by atoms with Gasteiger partial charge >= 0.3 is 23.9 Å². The molecule has 24 heavy (non-hydrogen) atoms. The van der Waals surface area contributed by atoms with Crippen molar-refractivity contribution in [1.29, 1.82) is 0 Å². The minimum atomic E-state index is -7.06. The summed E-state index contributed by atoms with van der Waals surface area (Å²) in [5.41, 5.74) is 5.28. The molecule has 0 amide bonds. The van der Waals surface area contributed by atoms with Gasteiger partial charge in [-0.15, -0.1) is 0 Å². The van der Waals surface area contributed by atoms with Crippen LogP contribution in [0, 0.1) is 0 Å². The zero-order chi connectivity index (χ0) is 19.0. The van der Waals surface area contributed by atoms with E-state index < -0.39 is 42.5 Å². The van der Waals surface area contributed by atoms with E-state index in [0.29, 0.717) is 0 Å². The zero-order valence-electron chi connectivity index (χ0n) is 11.7. The smallest absolute Gasteiger partial charge is 0.385 e. The topological polar surface area (TPSA) is 46.2 Å². The van der Waals surface area contributed by atoms with Crippen LogP contribution >= 0.6 is 0 Å². The molecular weight excluding hydrogens is 357 g/mol. The number of aliphatic hydroxyl groups is 1. The van der Waals surface area contributed by atoms with Gasteiger partial charge in [-0.05, 0) is 12.0 Å². The second-order valence-electron chi connectivity index (χ2n) is 5.07. The Morgan fingerprint density at radius 2 is 1.29 bits per heavy atom. The van der Waals surface area contributed by atoms with Gasteiger partial charge in [0, 0.05) is 6.04 Å². The zero-order valence-corrected chi connectivity index (χ0v) is 11.7. The second-order valence-corrected chi connectivity index (χ2v) is 5.07. The van der Waals surface area contributed by atoms with Crippen LogP contribution in [0.15, 0.2) is 30.3 Å². The summed E-state index contributed by atoms with van der Waals surface area (Å²) in [7, 11) is 0. The van der Waals surface area contributed by atoms with Gasteiger partial charge in [0.25, 0.3) is 0 Å². The molecule has 1 aromatic rings. The molecule has 11 heteroatoms. The molecule has 0 bridgehead atoms. The van der Waals surface area contributed by atoms with Gasteiger partial charge in [0.05, 0.1) is 0 Å². The number of rotatable bonds is 6.